The molecule has 1 saturated heterocycles. The zero-order chi connectivity index (χ0) is 11.4. The summed E-state index contributed by atoms with van der Waals surface area (Å²) in [6, 6.07) is 9.29. The summed E-state index contributed by atoms with van der Waals surface area (Å²) in [4.78, 5) is 0. The molecule has 0 bridgehead atoms. The summed E-state index contributed by atoms with van der Waals surface area (Å²) in [5.41, 5.74) is 2.77. The molecule has 1 fully saturated rings. The number of rotatable bonds is 3. The van der Waals surface area contributed by atoms with Crippen LogP contribution in [0.5, 0.6) is 0 Å². The third kappa shape index (κ3) is 2.83. The highest BCUT2D eigenvalue weighted by molar-refractivity contribution is 5.25. The summed E-state index contributed by atoms with van der Waals surface area (Å²) in [6.45, 7) is 6.05. The van der Waals surface area contributed by atoms with E-state index in [4.69, 9.17) is 4.74 Å². The SMILES string of the molecule is CCCc1ccc(C2COC(C)CN2)cc1. The van der Waals surface area contributed by atoms with Gasteiger partial charge >= 0.3 is 0 Å². The largest absolute Gasteiger partial charge is 0.375 e. The van der Waals surface area contributed by atoms with E-state index in [-0.39, 0.29) is 0 Å². The molecule has 1 aliphatic heterocycles. The Bertz CT molecular complexity index is 312. The van der Waals surface area contributed by atoms with Crippen LogP contribution in [-0.4, -0.2) is 19.3 Å². The molecule has 2 unspecified atom stereocenters. The fraction of sp³-hybridized carbons (Fsp3) is 0.571. The van der Waals surface area contributed by atoms with E-state index in [0.717, 1.165) is 13.2 Å². The smallest absolute Gasteiger partial charge is 0.0672 e. The van der Waals surface area contributed by atoms with E-state index in [2.05, 4.69) is 43.4 Å². The van der Waals surface area contributed by atoms with Crippen molar-refractivity contribution in [1.29, 1.82) is 0 Å². The van der Waals surface area contributed by atoms with Gasteiger partial charge in [-0.15, -0.1) is 0 Å². The fourth-order valence-electron chi connectivity index (χ4n) is 2.11. The van der Waals surface area contributed by atoms with Crippen molar-refractivity contribution in [3.8, 4) is 0 Å². The average molecular weight is 219 g/mol. The van der Waals surface area contributed by atoms with Crippen molar-refractivity contribution >= 4 is 0 Å². The van der Waals surface area contributed by atoms with Crippen LogP contribution < -0.4 is 5.32 Å². The maximum atomic E-state index is 5.66. The molecule has 0 radical (unpaired) electrons. The highest BCUT2D eigenvalue weighted by Crippen LogP contribution is 2.18. The number of hydrogen-bond donors (Lipinski definition) is 1. The zero-order valence-electron chi connectivity index (χ0n) is 10.2. The third-order valence-corrected chi connectivity index (χ3v) is 3.12. The molecule has 16 heavy (non-hydrogen) atoms. The number of aryl methyl sites for hydroxylation is 1. The number of morpholine rings is 1. The van der Waals surface area contributed by atoms with Crippen LogP contribution in [0, 0.1) is 0 Å². The van der Waals surface area contributed by atoms with Crippen molar-refractivity contribution in [2.24, 2.45) is 0 Å². The van der Waals surface area contributed by atoms with Crippen molar-refractivity contribution in [1.82, 2.24) is 5.32 Å². The van der Waals surface area contributed by atoms with Crippen LogP contribution in [-0.2, 0) is 11.2 Å². The fourth-order valence-corrected chi connectivity index (χ4v) is 2.11. The van der Waals surface area contributed by atoms with E-state index in [1.54, 1.807) is 0 Å². The standard InChI is InChI=1S/C14H21NO/c1-3-4-12-5-7-13(8-6-12)14-10-16-11(2)9-15-14/h5-8,11,14-15H,3-4,9-10H2,1-2H3. The minimum atomic E-state index is 0.343. The Morgan fingerprint density at radius 1 is 1.31 bits per heavy atom. The first-order chi connectivity index (χ1) is 7.79. The van der Waals surface area contributed by atoms with Gasteiger partial charge in [0.1, 0.15) is 0 Å². The van der Waals surface area contributed by atoms with Crippen molar-refractivity contribution in [2.45, 2.75) is 38.8 Å². The number of benzene rings is 1. The number of hydrogen-bond acceptors (Lipinski definition) is 2. The molecule has 0 aliphatic carbocycles. The summed E-state index contributed by atoms with van der Waals surface area (Å²) in [7, 11) is 0. The summed E-state index contributed by atoms with van der Waals surface area (Å²) >= 11 is 0. The van der Waals surface area contributed by atoms with Crippen molar-refractivity contribution in [3.63, 3.8) is 0 Å². The van der Waals surface area contributed by atoms with Gasteiger partial charge in [-0.05, 0) is 24.5 Å². The van der Waals surface area contributed by atoms with Crippen molar-refractivity contribution < 1.29 is 4.74 Å². The van der Waals surface area contributed by atoms with Gasteiger partial charge in [0.25, 0.3) is 0 Å². The molecule has 88 valence electrons. The number of nitrogens with one attached hydrogen (secondary N) is 1. The van der Waals surface area contributed by atoms with Gasteiger partial charge in [-0.1, -0.05) is 37.6 Å². The number of ether oxygens (including phenoxy) is 1. The van der Waals surface area contributed by atoms with Crippen LogP contribution in [0.2, 0.25) is 0 Å². The zero-order valence-corrected chi connectivity index (χ0v) is 10.2. The first-order valence-corrected chi connectivity index (χ1v) is 6.23. The van der Waals surface area contributed by atoms with Gasteiger partial charge < -0.3 is 10.1 Å². The first-order valence-electron chi connectivity index (χ1n) is 6.23. The Morgan fingerprint density at radius 2 is 2.06 bits per heavy atom. The van der Waals surface area contributed by atoms with E-state index in [1.807, 2.05) is 0 Å². The van der Waals surface area contributed by atoms with Gasteiger partial charge in [-0.25, -0.2) is 0 Å². The van der Waals surface area contributed by atoms with Gasteiger partial charge in [0, 0.05) is 6.54 Å². The molecule has 0 spiro atoms. The van der Waals surface area contributed by atoms with Crippen molar-refractivity contribution in [3.05, 3.63) is 35.4 Å². The summed E-state index contributed by atoms with van der Waals surface area (Å²) in [5.74, 6) is 0. The second kappa shape index (κ2) is 5.46. The Labute approximate surface area is 98.0 Å². The van der Waals surface area contributed by atoms with Crippen LogP contribution >= 0.6 is 0 Å². The molecule has 2 atom stereocenters. The molecule has 1 aliphatic rings. The lowest BCUT2D eigenvalue weighted by Gasteiger charge is -2.28. The highest BCUT2D eigenvalue weighted by Gasteiger charge is 2.18. The Kier molecular flexibility index (Phi) is 3.97. The summed E-state index contributed by atoms with van der Waals surface area (Å²) < 4.78 is 5.66. The lowest BCUT2D eigenvalue weighted by Crippen LogP contribution is -2.39. The minimum absolute atomic E-state index is 0.343. The monoisotopic (exact) mass is 219 g/mol. The van der Waals surface area contributed by atoms with Crippen molar-refractivity contribution in [2.75, 3.05) is 13.2 Å². The molecule has 1 N–H and O–H groups in total. The van der Waals surface area contributed by atoms with Crippen LogP contribution in [0.15, 0.2) is 24.3 Å². The Balaban J connectivity index is 1.98. The third-order valence-electron chi connectivity index (χ3n) is 3.12. The highest BCUT2D eigenvalue weighted by atomic mass is 16.5. The Morgan fingerprint density at radius 3 is 2.62 bits per heavy atom. The van der Waals surface area contributed by atoms with Gasteiger partial charge in [0.15, 0.2) is 0 Å². The predicted octanol–water partition coefficient (Wildman–Crippen LogP) is 2.69. The molecular formula is C14H21NO. The minimum Gasteiger partial charge on any atom is -0.375 e. The van der Waals surface area contributed by atoms with Crippen LogP contribution in [0.3, 0.4) is 0 Å². The normalized spacial score (nSPS) is 25.6. The van der Waals surface area contributed by atoms with E-state index >= 15 is 0 Å². The maximum Gasteiger partial charge on any atom is 0.0672 e. The van der Waals surface area contributed by atoms with Crippen LogP contribution in [0.1, 0.15) is 37.4 Å². The maximum absolute atomic E-state index is 5.66. The molecule has 0 aromatic heterocycles. The van der Waals surface area contributed by atoms with Crippen LogP contribution in [0.25, 0.3) is 0 Å². The second-order valence-electron chi connectivity index (χ2n) is 4.60. The molecule has 0 amide bonds. The quantitative estimate of drug-likeness (QED) is 0.844. The van der Waals surface area contributed by atoms with E-state index in [1.165, 1.54) is 24.0 Å². The van der Waals surface area contributed by atoms with Gasteiger partial charge in [0.2, 0.25) is 0 Å². The first kappa shape index (κ1) is 11.6. The van der Waals surface area contributed by atoms with Gasteiger partial charge in [-0.3, -0.25) is 0 Å². The van der Waals surface area contributed by atoms with E-state index < -0.39 is 0 Å². The van der Waals surface area contributed by atoms with E-state index in [0.29, 0.717) is 12.1 Å². The Hall–Kier alpha value is -0.860. The molecule has 1 aromatic carbocycles. The molecule has 0 saturated carbocycles. The molecule has 1 heterocycles. The summed E-state index contributed by atoms with van der Waals surface area (Å²) in [6.07, 6.45) is 2.73. The van der Waals surface area contributed by atoms with Crippen LogP contribution in [0.4, 0.5) is 0 Å². The lowest BCUT2D eigenvalue weighted by molar-refractivity contribution is 0.0149. The molecule has 2 rings (SSSR count). The average Bonchev–Trinajstić information content (AvgIpc) is 2.32. The van der Waals surface area contributed by atoms with Gasteiger partial charge in [0.05, 0.1) is 18.8 Å². The topological polar surface area (TPSA) is 21.3 Å². The molecular weight excluding hydrogens is 198 g/mol. The second-order valence-corrected chi connectivity index (χ2v) is 4.60. The lowest BCUT2D eigenvalue weighted by atomic mass is 10.0. The molecule has 2 heteroatoms. The van der Waals surface area contributed by atoms with E-state index in [9.17, 15) is 0 Å². The summed E-state index contributed by atoms with van der Waals surface area (Å²) in [5, 5.41) is 3.51. The predicted molar refractivity (Wildman–Crippen MR) is 66.6 cm³/mol. The molecule has 1 aromatic rings. The molecule has 2 nitrogen and oxygen atoms in total. The van der Waals surface area contributed by atoms with Gasteiger partial charge in [-0.2, -0.15) is 0 Å².